The number of hydrogen-bond donors (Lipinski definition) is 1. The Morgan fingerprint density at radius 2 is 1.88 bits per heavy atom. The van der Waals surface area contributed by atoms with Gasteiger partial charge < -0.3 is 9.45 Å². The van der Waals surface area contributed by atoms with Gasteiger partial charge in [0.15, 0.2) is 0 Å². The zero-order valence-electron chi connectivity index (χ0n) is 10.5. The molecule has 2 bridgehead atoms. The number of nitrogens with one attached hydrogen (secondary N) is 1. The van der Waals surface area contributed by atoms with Crippen molar-refractivity contribution < 1.29 is 22.1 Å². The third kappa shape index (κ3) is 5.63. The Labute approximate surface area is 103 Å². The van der Waals surface area contributed by atoms with Gasteiger partial charge in [-0.2, -0.15) is 0 Å². The third-order valence-electron chi connectivity index (χ3n) is 2.74. The van der Waals surface area contributed by atoms with E-state index in [1.165, 1.54) is 4.90 Å². The molecule has 0 amide bonds. The molecule has 0 saturated heterocycles. The maximum absolute atomic E-state index is 10.4. The van der Waals surface area contributed by atoms with Crippen LogP contribution in [-0.2, 0) is 14.6 Å². The molecule has 0 aromatic carbocycles. The summed E-state index contributed by atoms with van der Waals surface area (Å²) < 4.78 is 35.6. The van der Waals surface area contributed by atoms with Crippen molar-refractivity contribution in [1.29, 1.82) is 0 Å². The molecule has 3 unspecified atom stereocenters. The minimum absolute atomic E-state index is 0.127. The van der Waals surface area contributed by atoms with Gasteiger partial charge in [-0.05, 0) is 25.2 Å². The quantitative estimate of drug-likeness (QED) is 0.417. The van der Waals surface area contributed by atoms with Crippen LogP contribution in [0.15, 0.2) is 12.2 Å². The van der Waals surface area contributed by atoms with Crippen molar-refractivity contribution in [3.05, 3.63) is 12.2 Å². The first-order valence-electron chi connectivity index (χ1n) is 5.85. The molecule has 5 nitrogen and oxygen atoms in total. The van der Waals surface area contributed by atoms with Crippen LogP contribution in [-0.4, -0.2) is 40.2 Å². The van der Waals surface area contributed by atoms with Crippen molar-refractivity contribution >= 4 is 10.4 Å². The van der Waals surface area contributed by atoms with E-state index in [-0.39, 0.29) is 5.92 Å². The Bertz CT molecular complexity index is 361. The smallest absolute Gasteiger partial charge is 0.217 e. The van der Waals surface area contributed by atoms with Crippen molar-refractivity contribution in [2.75, 3.05) is 21.1 Å². The van der Waals surface area contributed by atoms with Crippen molar-refractivity contribution in [3.8, 4) is 0 Å². The third-order valence-corrected chi connectivity index (χ3v) is 3.23. The fraction of sp³-hybridized carbons (Fsp3) is 0.818. The SMILES string of the molecule is C[NH+](C)C.O=S(=O)([O-])OC1CC2CC=CC1C2. The Balaban J connectivity index is 0.000000317. The molecule has 17 heavy (non-hydrogen) atoms. The summed E-state index contributed by atoms with van der Waals surface area (Å²) in [6, 6.07) is 0. The fourth-order valence-electron chi connectivity index (χ4n) is 2.24. The second-order valence-electron chi connectivity index (χ2n) is 5.21. The maximum Gasteiger partial charge on any atom is 0.217 e. The first kappa shape index (κ1) is 14.6. The highest BCUT2D eigenvalue weighted by Crippen LogP contribution is 2.40. The van der Waals surface area contributed by atoms with E-state index in [2.05, 4.69) is 25.3 Å². The van der Waals surface area contributed by atoms with E-state index in [9.17, 15) is 13.0 Å². The van der Waals surface area contributed by atoms with E-state index < -0.39 is 16.5 Å². The summed E-state index contributed by atoms with van der Waals surface area (Å²) in [5.41, 5.74) is 0. The lowest BCUT2D eigenvalue weighted by Crippen LogP contribution is -3.02. The number of rotatable bonds is 2. The molecule has 0 spiro atoms. The average molecular weight is 263 g/mol. The number of fused-ring (bicyclic) bond motifs is 2. The molecule has 0 aliphatic heterocycles. The molecule has 1 fully saturated rings. The Morgan fingerprint density at radius 1 is 1.29 bits per heavy atom. The van der Waals surface area contributed by atoms with Gasteiger partial charge in [-0.3, -0.25) is 4.18 Å². The van der Waals surface area contributed by atoms with Crippen LogP contribution in [0.1, 0.15) is 19.3 Å². The van der Waals surface area contributed by atoms with E-state index in [4.69, 9.17) is 0 Å². The van der Waals surface area contributed by atoms with Crippen LogP contribution in [0, 0.1) is 11.8 Å². The largest absolute Gasteiger partial charge is 0.726 e. The lowest BCUT2D eigenvalue weighted by atomic mass is 9.96. The second kappa shape index (κ2) is 5.95. The number of quaternary nitrogens is 1. The molecule has 6 heteroatoms. The van der Waals surface area contributed by atoms with Gasteiger partial charge in [-0.25, -0.2) is 8.42 Å². The van der Waals surface area contributed by atoms with Crippen molar-refractivity contribution in [2.45, 2.75) is 25.4 Å². The molecule has 1 saturated carbocycles. The normalized spacial score (nSPS) is 31.2. The summed E-state index contributed by atoms with van der Waals surface area (Å²) in [4.78, 5) is 1.42. The first-order valence-corrected chi connectivity index (χ1v) is 7.19. The molecule has 1 N–H and O–H groups in total. The van der Waals surface area contributed by atoms with Gasteiger partial charge in [0.1, 0.15) is 0 Å². The molecule has 3 atom stereocenters. The number of allylic oxidation sites excluding steroid dienone is 1. The summed E-state index contributed by atoms with van der Waals surface area (Å²) in [6.45, 7) is 0. The van der Waals surface area contributed by atoms with E-state index in [0.29, 0.717) is 12.3 Å². The molecule has 2 aliphatic carbocycles. The highest BCUT2D eigenvalue weighted by atomic mass is 32.3. The van der Waals surface area contributed by atoms with E-state index in [0.717, 1.165) is 12.8 Å². The minimum Gasteiger partial charge on any atom is -0.726 e. The van der Waals surface area contributed by atoms with Crippen LogP contribution >= 0.6 is 0 Å². The predicted molar refractivity (Wildman–Crippen MR) is 63.3 cm³/mol. The topological polar surface area (TPSA) is 70.9 Å². The van der Waals surface area contributed by atoms with Gasteiger partial charge in [-0.1, -0.05) is 12.2 Å². The van der Waals surface area contributed by atoms with Crippen LogP contribution in [0.25, 0.3) is 0 Å². The van der Waals surface area contributed by atoms with Crippen LogP contribution < -0.4 is 4.90 Å². The fourth-order valence-corrected chi connectivity index (χ4v) is 2.76. The summed E-state index contributed by atoms with van der Waals surface area (Å²) in [5, 5.41) is 0. The van der Waals surface area contributed by atoms with Gasteiger partial charge in [-0.15, -0.1) is 0 Å². The van der Waals surface area contributed by atoms with Crippen LogP contribution in [0.5, 0.6) is 0 Å². The van der Waals surface area contributed by atoms with E-state index in [1.807, 2.05) is 12.2 Å². The van der Waals surface area contributed by atoms with Gasteiger partial charge in [0.25, 0.3) is 0 Å². The summed E-state index contributed by atoms with van der Waals surface area (Å²) >= 11 is 0. The molecule has 2 aliphatic rings. The highest BCUT2D eigenvalue weighted by Gasteiger charge is 2.36. The van der Waals surface area contributed by atoms with Crippen molar-refractivity contribution in [2.24, 2.45) is 11.8 Å². The molecular weight excluding hydrogens is 242 g/mol. The molecule has 0 heterocycles. The maximum atomic E-state index is 10.4. The lowest BCUT2D eigenvalue weighted by Gasteiger charge is -2.18. The van der Waals surface area contributed by atoms with Crippen LogP contribution in [0.4, 0.5) is 0 Å². The molecule has 2 rings (SSSR count). The van der Waals surface area contributed by atoms with Gasteiger partial charge >= 0.3 is 0 Å². The van der Waals surface area contributed by atoms with Crippen LogP contribution in [0.2, 0.25) is 0 Å². The van der Waals surface area contributed by atoms with E-state index >= 15 is 0 Å². The molecular formula is C11H21NO4S. The zero-order chi connectivity index (χ0) is 13.1. The Hall–Kier alpha value is -0.430. The predicted octanol–water partition coefficient (Wildman–Crippen LogP) is -0.421. The van der Waals surface area contributed by atoms with E-state index in [1.54, 1.807) is 0 Å². The minimum atomic E-state index is -4.53. The second-order valence-corrected chi connectivity index (χ2v) is 6.22. The summed E-state index contributed by atoms with van der Waals surface area (Å²) in [5.74, 6) is 0.629. The highest BCUT2D eigenvalue weighted by molar-refractivity contribution is 7.80. The lowest BCUT2D eigenvalue weighted by molar-refractivity contribution is -0.836. The Kier molecular flexibility index (Phi) is 5.12. The molecule has 0 aromatic rings. The average Bonchev–Trinajstić information content (AvgIpc) is 2.38. The van der Waals surface area contributed by atoms with Gasteiger partial charge in [0, 0.05) is 5.92 Å². The zero-order valence-corrected chi connectivity index (χ0v) is 11.4. The first-order chi connectivity index (χ1) is 7.78. The van der Waals surface area contributed by atoms with Crippen molar-refractivity contribution in [3.63, 3.8) is 0 Å². The Morgan fingerprint density at radius 3 is 2.35 bits per heavy atom. The monoisotopic (exact) mass is 263 g/mol. The molecule has 0 radical (unpaired) electrons. The molecule has 0 aromatic heterocycles. The van der Waals surface area contributed by atoms with Crippen LogP contribution in [0.3, 0.4) is 0 Å². The van der Waals surface area contributed by atoms with Gasteiger partial charge in [0.05, 0.1) is 27.2 Å². The molecule has 100 valence electrons. The van der Waals surface area contributed by atoms with Gasteiger partial charge in [0.2, 0.25) is 10.4 Å². The standard InChI is InChI=1S/C8H12O4S.C3H9N/c9-13(10,11)12-8-5-6-2-1-3-7(8)4-6;1-4(2)3/h1,3,6-8H,2,4-5H2,(H,9,10,11);1-3H3. The summed E-state index contributed by atoms with van der Waals surface area (Å²) in [6.07, 6.45) is 6.22. The summed E-state index contributed by atoms with van der Waals surface area (Å²) in [7, 11) is 1.72. The number of hydrogen-bond acceptors (Lipinski definition) is 4. The van der Waals surface area contributed by atoms with Crippen molar-refractivity contribution in [1.82, 2.24) is 0 Å².